The van der Waals surface area contributed by atoms with Gasteiger partial charge in [-0.25, -0.2) is 4.98 Å². The number of aromatic amines is 1. The molecule has 164 valence electrons. The minimum Gasteiger partial charge on any atom is -0.367 e. The molecule has 0 atom stereocenters. The number of benzene rings is 3. The Kier molecular flexibility index (Phi) is 7.10. The summed E-state index contributed by atoms with van der Waals surface area (Å²) in [6.45, 7) is 6.13. The third-order valence-electron chi connectivity index (χ3n) is 5.61. The third-order valence-corrected chi connectivity index (χ3v) is 5.61. The number of nitrogens with one attached hydrogen (secondary N) is 1. The second-order valence-electron chi connectivity index (χ2n) is 8.17. The molecule has 0 unspecified atom stereocenters. The van der Waals surface area contributed by atoms with Crippen molar-refractivity contribution < 1.29 is 4.74 Å². The van der Waals surface area contributed by atoms with E-state index in [9.17, 15) is 4.79 Å². The number of para-hydroxylation sites is 1. The van der Waals surface area contributed by atoms with Crippen LogP contribution in [0.25, 0.3) is 10.9 Å². The first kappa shape index (κ1) is 21.9. The first-order valence-electron chi connectivity index (χ1n) is 11.1. The maximum atomic E-state index is 12.4. The van der Waals surface area contributed by atoms with Crippen LogP contribution in [0.4, 0.5) is 0 Å². The molecule has 0 saturated carbocycles. The van der Waals surface area contributed by atoms with Gasteiger partial charge in [0.2, 0.25) is 0 Å². The summed E-state index contributed by atoms with van der Waals surface area (Å²) in [5.41, 5.74) is 2.89. The molecule has 3 aromatic carbocycles. The lowest BCUT2D eigenvalue weighted by atomic mass is 10.0. The zero-order valence-corrected chi connectivity index (χ0v) is 18.6. The maximum absolute atomic E-state index is 12.4. The van der Waals surface area contributed by atoms with Gasteiger partial charge in [0.25, 0.3) is 5.56 Å². The van der Waals surface area contributed by atoms with Crippen LogP contribution in [0.1, 0.15) is 36.9 Å². The van der Waals surface area contributed by atoms with Crippen molar-refractivity contribution in [1.82, 2.24) is 14.9 Å². The summed E-state index contributed by atoms with van der Waals surface area (Å²) in [5, 5.41) is 0.615. The van der Waals surface area contributed by atoms with Crippen molar-refractivity contribution >= 4 is 10.9 Å². The Labute approximate surface area is 188 Å². The van der Waals surface area contributed by atoms with Gasteiger partial charge in [0, 0.05) is 12.6 Å². The molecule has 0 radical (unpaired) electrons. The van der Waals surface area contributed by atoms with Crippen molar-refractivity contribution in [2.24, 2.45) is 0 Å². The van der Waals surface area contributed by atoms with Crippen molar-refractivity contribution in [3.05, 3.63) is 112 Å². The zero-order valence-electron chi connectivity index (χ0n) is 18.6. The number of fused-ring (bicyclic) bond motifs is 1. The Balaban J connectivity index is 1.47. The van der Waals surface area contributed by atoms with E-state index < -0.39 is 0 Å². The van der Waals surface area contributed by atoms with Gasteiger partial charge in [-0.1, -0.05) is 72.8 Å². The number of ether oxygens (including phenoxy) is 1. The fourth-order valence-electron chi connectivity index (χ4n) is 3.85. The Morgan fingerprint density at radius 2 is 1.47 bits per heavy atom. The quantitative estimate of drug-likeness (QED) is 0.411. The summed E-state index contributed by atoms with van der Waals surface area (Å²) in [6.07, 6.45) is -0.120. The average molecular weight is 428 g/mol. The summed E-state index contributed by atoms with van der Waals surface area (Å²) >= 11 is 0. The van der Waals surface area contributed by atoms with Crippen LogP contribution in [0.3, 0.4) is 0 Å². The standard InChI is InChI=1S/C27H29N3O2/c1-20(2)30(19-25-28-24-16-10-9-15-23(24)27(31)29-25)17-18-32-26(21-11-5-3-6-12-21)22-13-7-4-8-14-22/h3-16,20,26H,17-19H2,1-2H3,(H,28,29,31). The monoisotopic (exact) mass is 427 g/mol. The largest absolute Gasteiger partial charge is 0.367 e. The fraction of sp³-hybridized carbons (Fsp3) is 0.259. The van der Waals surface area contributed by atoms with Gasteiger partial charge in [0.15, 0.2) is 0 Å². The van der Waals surface area contributed by atoms with Gasteiger partial charge in [-0.2, -0.15) is 0 Å². The first-order chi connectivity index (χ1) is 15.6. The minimum atomic E-state index is -0.120. The van der Waals surface area contributed by atoms with Gasteiger partial charge < -0.3 is 9.72 Å². The Hall–Kier alpha value is -3.28. The molecule has 0 aliphatic carbocycles. The lowest BCUT2D eigenvalue weighted by molar-refractivity contribution is 0.0501. The van der Waals surface area contributed by atoms with Gasteiger partial charge >= 0.3 is 0 Å². The van der Waals surface area contributed by atoms with E-state index in [1.54, 1.807) is 6.07 Å². The van der Waals surface area contributed by atoms with Crippen LogP contribution in [0.2, 0.25) is 0 Å². The molecular weight excluding hydrogens is 398 g/mol. The van der Waals surface area contributed by atoms with Crippen molar-refractivity contribution in [3.8, 4) is 0 Å². The Morgan fingerprint density at radius 3 is 2.09 bits per heavy atom. The van der Waals surface area contributed by atoms with Crippen LogP contribution in [0.5, 0.6) is 0 Å². The van der Waals surface area contributed by atoms with Gasteiger partial charge in [0.05, 0.1) is 24.1 Å². The number of nitrogens with zero attached hydrogens (tertiary/aromatic N) is 2. The molecule has 4 rings (SSSR count). The SMILES string of the molecule is CC(C)N(CCOC(c1ccccc1)c1ccccc1)Cc1nc2ccccc2c(=O)[nH]1. The minimum absolute atomic E-state index is 0.0984. The molecule has 1 heterocycles. The molecule has 0 aliphatic heterocycles. The summed E-state index contributed by atoms with van der Waals surface area (Å²) in [4.78, 5) is 22.3. The molecule has 4 aromatic rings. The number of aromatic nitrogens is 2. The zero-order chi connectivity index (χ0) is 22.3. The van der Waals surface area contributed by atoms with E-state index in [1.807, 2.05) is 54.6 Å². The van der Waals surface area contributed by atoms with Gasteiger partial charge in [0.1, 0.15) is 11.9 Å². The molecule has 0 spiro atoms. The van der Waals surface area contributed by atoms with E-state index >= 15 is 0 Å². The Bertz CT molecular complexity index is 1150. The Morgan fingerprint density at radius 1 is 0.875 bits per heavy atom. The summed E-state index contributed by atoms with van der Waals surface area (Å²) < 4.78 is 6.39. The summed E-state index contributed by atoms with van der Waals surface area (Å²) in [6, 6.07) is 28.3. The van der Waals surface area contributed by atoms with Gasteiger partial charge in [-0.3, -0.25) is 9.69 Å². The van der Waals surface area contributed by atoms with Crippen molar-refractivity contribution in [2.75, 3.05) is 13.2 Å². The van der Waals surface area contributed by atoms with Crippen LogP contribution in [0, 0.1) is 0 Å². The van der Waals surface area contributed by atoms with Crippen LogP contribution >= 0.6 is 0 Å². The van der Waals surface area contributed by atoms with Crippen LogP contribution < -0.4 is 5.56 Å². The topological polar surface area (TPSA) is 58.2 Å². The lowest BCUT2D eigenvalue weighted by Crippen LogP contribution is -2.35. The second-order valence-corrected chi connectivity index (χ2v) is 8.17. The molecule has 0 amide bonds. The highest BCUT2D eigenvalue weighted by atomic mass is 16.5. The molecule has 0 fully saturated rings. The molecule has 1 aromatic heterocycles. The highest BCUT2D eigenvalue weighted by molar-refractivity contribution is 5.77. The van der Waals surface area contributed by atoms with Crippen LogP contribution in [-0.4, -0.2) is 34.1 Å². The number of hydrogen-bond donors (Lipinski definition) is 1. The number of rotatable bonds is 9. The molecule has 32 heavy (non-hydrogen) atoms. The number of hydrogen-bond acceptors (Lipinski definition) is 4. The second kappa shape index (κ2) is 10.4. The maximum Gasteiger partial charge on any atom is 0.258 e. The molecular formula is C27H29N3O2. The predicted octanol–water partition coefficient (Wildman–Crippen LogP) is 4.94. The normalized spacial score (nSPS) is 11.7. The van der Waals surface area contributed by atoms with E-state index in [0.29, 0.717) is 24.4 Å². The molecule has 1 N–H and O–H groups in total. The smallest absolute Gasteiger partial charge is 0.258 e. The fourth-order valence-corrected chi connectivity index (χ4v) is 3.85. The first-order valence-corrected chi connectivity index (χ1v) is 11.1. The lowest BCUT2D eigenvalue weighted by Gasteiger charge is -2.27. The van der Waals surface area contributed by atoms with Gasteiger partial charge in [-0.15, -0.1) is 0 Å². The summed E-state index contributed by atoms with van der Waals surface area (Å²) in [5.74, 6) is 0.671. The number of H-pyrrole nitrogens is 1. The highest BCUT2D eigenvalue weighted by Crippen LogP contribution is 2.25. The van der Waals surface area contributed by atoms with Crippen LogP contribution in [-0.2, 0) is 11.3 Å². The van der Waals surface area contributed by atoms with E-state index in [0.717, 1.165) is 23.2 Å². The van der Waals surface area contributed by atoms with Crippen molar-refractivity contribution in [3.63, 3.8) is 0 Å². The van der Waals surface area contributed by atoms with E-state index in [1.165, 1.54) is 0 Å². The summed E-state index contributed by atoms with van der Waals surface area (Å²) in [7, 11) is 0. The molecule has 5 nitrogen and oxygen atoms in total. The van der Waals surface area contributed by atoms with Crippen LogP contribution in [0.15, 0.2) is 89.7 Å². The van der Waals surface area contributed by atoms with E-state index in [4.69, 9.17) is 4.74 Å². The van der Waals surface area contributed by atoms with E-state index in [2.05, 4.69) is 53.0 Å². The van der Waals surface area contributed by atoms with Crippen molar-refractivity contribution in [1.29, 1.82) is 0 Å². The van der Waals surface area contributed by atoms with E-state index in [-0.39, 0.29) is 17.7 Å². The molecule has 5 heteroatoms. The van der Waals surface area contributed by atoms with Crippen molar-refractivity contribution in [2.45, 2.75) is 32.5 Å². The van der Waals surface area contributed by atoms with Gasteiger partial charge in [-0.05, 0) is 37.1 Å². The highest BCUT2D eigenvalue weighted by Gasteiger charge is 2.17. The predicted molar refractivity (Wildman–Crippen MR) is 129 cm³/mol. The molecule has 0 aliphatic rings. The third kappa shape index (κ3) is 5.31. The molecule has 0 saturated heterocycles. The molecule has 0 bridgehead atoms. The average Bonchev–Trinajstić information content (AvgIpc) is 2.82.